The first kappa shape index (κ1) is 15.4. The lowest BCUT2D eigenvalue weighted by Crippen LogP contribution is -2.41. The van der Waals surface area contributed by atoms with Crippen molar-refractivity contribution < 1.29 is 19.8 Å². The molecule has 0 bridgehead atoms. The van der Waals surface area contributed by atoms with Crippen LogP contribution in [0.1, 0.15) is 23.4 Å². The van der Waals surface area contributed by atoms with Crippen molar-refractivity contribution in [3.05, 3.63) is 42.0 Å². The van der Waals surface area contributed by atoms with Crippen molar-refractivity contribution in [2.75, 3.05) is 5.75 Å². The molecule has 1 aromatic rings. The van der Waals surface area contributed by atoms with Crippen LogP contribution in [-0.4, -0.2) is 38.8 Å². The predicted octanol–water partition coefficient (Wildman–Crippen LogP) is 2.17. The molecule has 0 radical (unpaired) electrons. The maximum atomic E-state index is 11.8. The Labute approximate surface area is 127 Å². The van der Waals surface area contributed by atoms with E-state index in [1.807, 2.05) is 0 Å². The second-order valence-electron chi connectivity index (χ2n) is 4.81. The highest BCUT2D eigenvalue weighted by Gasteiger charge is 2.42. The van der Waals surface area contributed by atoms with E-state index < -0.39 is 17.4 Å². The third-order valence-corrected chi connectivity index (χ3v) is 4.74. The highest BCUT2D eigenvalue weighted by Crippen LogP contribution is 2.45. The molecule has 0 spiro atoms. The van der Waals surface area contributed by atoms with E-state index in [-0.39, 0.29) is 11.7 Å². The maximum absolute atomic E-state index is 11.8. The number of nitrogens with zero attached hydrogens (tertiary/aromatic N) is 1. The molecule has 6 heteroatoms. The van der Waals surface area contributed by atoms with E-state index in [1.165, 1.54) is 23.6 Å². The van der Waals surface area contributed by atoms with Crippen LogP contribution in [0.25, 0.3) is 0 Å². The van der Waals surface area contributed by atoms with Crippen LogP contribution in [0, 0.1) is 0 Å². The van der Waals surface area contributed by atoms with Crippen LogP contribution < -0.4 is 0 Å². The lowest BCUT2D eigenvalue weighted by atomic mass is 10.0. The zero-order chi connectivity index (χ0) is 15.6. The summed E-state index contributed by atoms with van der Waals surface area (Å²) in [5.74, 6) is -0.926. The van der Waals surface area contributed by atoms with E-state index in [4.69, 9.17) is 0 Å². The Morgan fingerprint density at radius 3 is 2.81 bits per heavy atom. The molecule has 0 aliphatic carbocycles. The Bertz CT molecular complexity index is 587. The second-order valence-corrected chi connectivity index (χ2v) is 5.93. The number of thioether (sulfide) groups is 1. The monoisotopic (exact) mass is 307 g/mol. The number of carboxylic acids is 1. The number of phenols is 1. The molecule has 2 N–H and O–H groups in total. The quantitative estimate of drug-likeness (QED) is 0.834. The zero-order valence-corrected chi connectivity index (χ0v) is 12.5. The van der Waals surface area contributed by atoms with Crippen LogP contribution in [0.2, 0.25) is 0 Å². The van der Waals surface area contributed by atoms with Crippen molar-refractivity contribution in [1.29, 1.82) is 0 Å². The fraction of sp³-hybridized carbons (Fsp3) is 0.333. The molecule has 5 nitrogen and oxygen atoms in total. The Balaban J connectivity index is 2.41. The number of carbonyl (C=O) groups is 2. The molecule has 1 amide bonds. The first-order valence-corrected chi connectivity index (χ1v) is 7.57. The molecule has 1 saturated heterocycles. The molecule has 0 aromatic heterocycles. The standard InChI is InChI=1S/C15H17NO4S/c1-3-5-10-6-4-7-11(13(10)18)14-16(9(2)17)12(8-21-14)15(19)20/h3-4,6-7,12,14,18H,1,5,8H2,2H3,(H,19,20)/t12-,14+/m1/s1. The molecule has 21 heavy (non-hydrogen) atoms. The summed E-state index contributed by atoms with van der Waals surface area (Å²) in [6, 6.07) is 4.44. The lowest BCUT2D eigenvalue weighted by molar-refractivity contribution is -0.148. The fourth-order valence-corrected chi connectivity index (χ4v) is 3.94. The van der Waals surface area contributed by atoms with Crippen LogP contribution in [0.15, 0.2) is 30.9 Å². The number of hydrogen-bond acceptors (Lipinski definition) is 4. The summed E-state index contributed by atoms with van der Waals surface area (Å²) in [6.07, 6.45) is 2.20. The first-order chi connectivity index (χ1) is 9.97. The van der Waals surface area contributed by atoms with Crippen LogP contribution in [0.3, 0.4) is 0 Å². The summed E-state index contributed by atoms with van der Waals surface area (Å²) in [6.45, 7) is 4.99. The molecular formula is C15H17NO4S. The molecule has 1 heterocycles. The Morgan fingerprint density at radius 1 is 1.52 bits per heavy atom. The Kier molecular flexibility index (Phi) is 4.57. The SMILES string of the molecule is C=CCc1cccc([C@@H]2SC[C@H](C(=O)O)N2C(C)=O)c1O. The molecule has 0 saturated carbocycles. The number of aromatic hydroxyl groups is 1. The smallest absolute Gasteiger partial charge is 0.327 e. The molecular weight excluding hydrogens is 290 g/mol. The summed E-state index contributed by atoms with van der Waals surface area (Å²) in [7, 11) is 0. The van der Waals surface area contributed by atoms with E-state index in [0.29, 0.717) is 23.3 Å². The third-order valence-electron chi connectivity index (χ3n) is 3.43. The molecule has 2 rings (SSSR count). The van der Waals surface area contributed by atoms with Gasteiger partial charge >= 0.3 is 5.97 Å². The van der Waals surface area contributed by atoms with E-state index in [2.05, 4.69) is 6.58 Å². The summed E-state index contributed by atoms with van der Waals surface area (Å²) in [5, 5.41) is 19.1. The average molecular weight is 307 g/mol. The number of para-hydroxylation sites is 1. The predicted molar refractivity (Wildman–Crippen MR) is 81.2 cm³/mol. The fourth-order valence-electron chi connectivity index (χ4n) is 2.45. The van der Waals surface area contributed by atoms with Crippen molar-refractivity contribution in [1.82, 2.24) is 4.90 Å². The van der Waals surface area contributed by atoms with Gasteiger partial charge in [-0.1, -0.05) is 24.3 Å². The van der Waals surface area contributed by atoms with Gasteiger partial charge in [0.25, 0.3) is 0 Å². The second kappa shape index (κ2) is 6.22. The van der Waals surface area contributed by atoms with Gasteiger partial charge in [-0.3, -0.25) is 4.79 Å². The number of allylic oxidation sites excluding steroid dienone is 1. The molecule has 0 unspecified atom stereocenters. The Hall–Kier alpha value is -1.95. The van der Waals surface area contributed by atoms with Gasteiger partial charge < -0.3 is 15.1 Å². The van der Waals surface area contributed by atoms with Crippen LogP contribution in [0.4, 0.5) is 0 Å². The van der Waals surface area contributed by atoms with E-state index >= 15 is 0 Å². The lowest BCUT2D eigenvalue weighted by Gasteiger charge is -2.27. The molecule has 1 aliphatic rings. The summed E-state index contributed by atoms with van der Waals surface area (Å²) in [4.78, 5) is 24.4. The number of phenolic OH excluding ortho intramolecular Hbond substituents is 1. The minimum Gasteiger partial charge on any atom is -0.507 e. The van der Waals surface area contributed by atoms with E-state index in [1.54, 1.807) is 24.3 Å². The molecule has 1 aromatic carbocycles. The summed E-state index contributed by atoms with van der Waals surface area (Å²) < 4.78 is 0. The minimum atomic E-state index is -1.03. The van der Waals surface area contributed by atoms with Crippen LogP contribution in [0.5, 0.6) is 5.75 Å². The highest BCUT2D eigenvalue weighted by molar-refractivity contribution is 7.99. The highest BCUT2D eigenvalue weighted by atomic mass is 32.2. The van der Waals surface area contributed by atoms with E-state index in [0.717, 1.165) is 0 Å². The summed E-state index contributed by atoms with van der Waals surface area (Å²) >= 11 is 1.35. The van der Waals surface area contributed by atoms with Gasteiger partial charge in [0.1, 0.15) is 17.2 Å². The van der Waals surface area contributed by atoms with Gasteiger partial charge in [-0.15, -0.1) is 18.3 Å². The number of benzene rings is 1. The van der Waals surface area contributed by atoms with Crippen LogP contribution in [-0.2, 0) is 16.0 Å². The minimum absolute atomic E-state index is 0.104. The van der Waals surface area contributed by atoms with Gasteiger partial charge in [-0.05, 0) is 12.0 Å². The van der Waals surface area contributed by atoms with Crippen LogP contribution >= 0.6 is 11.8 Å². The number of rotatable bonds is 4. The van der Waals surface area contributed by atoms with Crippen molar-refractivity contribution in [2.45, 2.75) is 24.8 Å². The molecule has 1 aliphatic heterocycles. The van der Waals surface area contributed by atoms with E-state index in [9.17, 15) is 19.8 Å². The van der Waals surface area contributed by atoms with Crippen molar-refractivity contribution in [3.8, 4) is 5.75 Å². The van der Waals surface area contributed by atoms with Crippen molar-refractivity contribution in [3.63, 3.8) is 0 Å². The molecule has 2 atom stereocenters. The van der Waals surface area contributed by atoms with Gasteiger partial charge in [-0.25, -0.2) is 4.79 Å². The summed E-state index contributed by atoms with van der Waals surface area (Å²) in [5.41, 5.74) is 1.28. The van der Waals surface area contributed by atoms with Gasteiger partial charge in [0, 0.05) is 18.2 Å². The molecule has 1 fully saturated rings. The normalized spacial score (nSPS) is 21.3. The molecule has 112 valence electrons. The Morgan fingerprint density at radius 2 is 2.24 bits per heavy atom. The topological polar surface area (TPSA) is 77.8 Å². The largest absolute Gasteiger partial charge is 0.507 e. The number of aliphatic carboxylic acids is 1. The number of carbonyl (C=O) groups excluding carboxylic acids is 1. The number of carboxylic acid groups (broad SMARTS) is 1. The van der Waals surface area contributed by atoms with Gasteiger partial charge in [0.05, 0.1) is 0 Å². The first-order valence-electron chi connectivity index (χ1n) is 6.52. The maximum Gasteiger partial charge on any atom is 0.327 e. The average Bonchev–Trinajstić information content (AvgIpc) is 2.86. The zero-order valence-electron chi connectivity index (χ0n) is 11.7. The van der Waals surface area contributed by atoms with Crippen molar-refractivity contribution >= 4 is 23.6 Å². The van der Waals surface area contributed by atoms with Gasteiger partial charge in [0.15, 0.2) is 0 Å². The number of amides is 1. The van der Waals surface area contributed by atoms with Crippen molar-refractivity contribution in [2.24, 2.45) is 0 Å². The van der Waals surface area contributed by atoms with Gasteiger partial charge in [-0.2, -0.15) is 0 Å². The number of hydrogen-bond donors (Lipinski definition) is 2. The van der Waals surface area contributed by atoms with Gasteiger partial charge in [0.2, 0.25) is 5.91 Å². The third kappa shape index (κ3) is 2.90.